The molecule has 2 rings (SSSR count). The summed E-state index contributed by atoms with van der Waals surface area (Å²) in [5.41, 5.74) is 5.90. The molecule has 6 nitrogen and oxygen atoms in total. The van der Waals surface area contributed by atoms with Crippen LogP contribution in [0.2, 0.25) is 0 Å². The summed E-state index contributed by atoms with van der Waals surface area (Å²) in [7, 11) is 0. The summed E-state index contributed by atoms with van der Waals surface area (Å²) in [5, 5.41) is 15.4. The SMILES string of the molecule is Cc1cccc(C)c1NC(=O)CNC(=O)CSc1nc(C)c(C)c(C)c1C#N. The number of hydrogen-bond acceptors (Lipinski definition) is 5. The maximum atomic E-state index is 12.1. The van der Waals surface area contributed by atoms with Crippen molar-refractivity contribution >= 4 is 29.3 Å². The van der Waals surface area contributed by atoms with Gasteiger partial charge < -0.3 is 10.6 Å². The number of carbonyl (C=O) groups is 2. The maximum Gasteiger partial charge on any atom is 0.243 e. The Hall–Kier alpha value is -2.85. The van der Waals surface area contributed by atoms with Gasteiger partial charge in [-0.05, 0) is 56.9 Å². The number of anilines is 1. The fraction of sp³-hybridized carbons (Fsp3) is 0.333. The molecule has 2 amide bonds. The van der Waals surface area contributed by atoms with Crippen molar-refractivity contribution in [2.75, 3.05) is 17.6 Å². The molecule has 28 heavy (non-hydrogen) atoms. The number of amides is 2. The first-order valence-electron chi connectivity index (χ1n) is 8.88. The quantitative estimate of drug-likeness (QED) is 0.730. The van der Waals surface area contributed by atoms with Crippen molar-refractivity contribution in [3.05, 3.63) is 51.7 Å². The lowest BCUT2D eigenvalue weighted by molar-refractivity contribution is -0.122. The Morgan fingerprint density at radius 1 is 1.07 bits per heavy atom. The van der Waals surface area contributed by atoms with Crippen LogP contribution in [0.15, 0.2) is 23.2 Å². The molecule has 0 bridgehead atoms. The van der Waals surface area contributed by atoms with Gasteiger partial charge >= 0.3 is 0 Å². The minimum atomic E-state index is -0.289. The average molecular weight is 397 g/mol. The van der Waals surface area contributed by atoms with Gasteiger partial charge in [0.25, 0.3) is 0 Å². The van der Waals surface area contributed by atoms with E-state index in [-0.39, 0.29) is 24.1 Å². The molecule has 1 heterocycles. The van der Waals surface area contributed by atoms with Gasteiger partial charge in [0.2, 0.25) is 11.8 Å². The highest BCUT2D eigenvalue weighted by atomic mass is 32.2. The molecule has 0 unspecified atom stereocenters. The molecule has 0 spiro atoms. The van der Waals surface area contributed by atoms with Crippen LogP contribution in [-0.2, 0) is 9.59 Å². The van der Waals surface area contributed by atoms with E-state index in [9.17, 15) is 14.9 Å². The van der Waals surface area contributed by atoms with E-state index < -0.39 is 0 Å². The van der Waals surface area contributed by atoms with Crippen molar-refractivity contribution in [1.29, 1.82) is 5.26 Å². The summed E-state index contributed by atoms with van der Waals surface area (Å²) in [6.45, 7) is 9.41. The number of aryl methyl sites for hydroxylation is 3. The normalized spacial score (nSPS) is 10.3. The lowest BCUT2D eigenvalue weighted by Crippen LogP contribution is -2.34. The van der Waals surface area contributed by atoms with E-state index in [1.54, 1.807) is 0 Å². The van der Waals surface area contributed by atoms with Crippen LogP contribution in [0.5, 0.6) is 0 Å². The van der Waals surface area contributed by atoms with E-state index in [1.807, 2.05) is 52.8 Å². The first kappa shape index (κ1) is 21.5. The number of carbonyl (C=O) groups excluding carboxylic acids is 2. The minimum Gasteiger partial charge on any atom is -0.346 e. The number of hydrogen-bond donors (Lipinski definition) is 2. The largest absolute Gasteiger partial charge is 0.346 e. The molecule has 2 aromatic rings. The number of benzene rings is 1. The second-order valence-electron chi connectivity index (χ2n) is 6.62. The highest BCUT2D eigenvalue weighted by Crippen LogP contribution is 2.26. The predicted octanol–water partition coefficient (Wildman–Crippen LogP) is 3.34. The monoisotopic (exact) mass is 396 g/mol. The van der Waals surface area contributed by atoms with Crippen LogP contribution in [0.25, 0.3) is 0 Å². The Balaban J connectivity index is 1.92. The third-order valence-corrected chi connectivity index (χ3v) is 5.58. The highest BCUT2D eigenvalue weighted by molar-refractivity contribution is 8.00. The predicted molar refractivity (Wildman–Crippen MR) is 111 cm³/mol. The van der Waals surface area contributed by atoms with Crippen LogP contribution < -0.4 is 10.6 Å². The van der Waals surface area contributed by atoms with Crippen LogP contribution in [0.3, 0.4) is 0 Å². The molecule has 7 heteroatoms. The molecule has 0 aliphatic rings. The fourth-order valence-electron chi connectivity index (χ4n) is 2.71. The van der Waals surface area contributed by atoms with Crippen molar-refractivity contribution in [2.24, 2.45) is 0 Å². The number of nitriles is 1. The molecular formula is C21H24N4O2S. The third-order valence-electron chi connectivity index (χ3n) is 4.61. The molecule has 1 aromatic heterocycles. The van der Waals surface area contributed by atoms with E-state index in [0.29, 0.717) is 10.6 Å². The van der Waals surface area contributed by atoms with E-state index >= 15 is 0 Å². The van der Waals surface area contributed by atoms with E-state index in [1.165, 1.54) is 11.8 Å². The van der Waals surface area contributed by atoms with Gasteiger partial charge in [-0.3, -0.25) is 9.59 Å². The summed E-state index contributed by atoms with van der Waals surface area (Å²) >= 11 is 1.20. The van der Waals surface area contributed by atoms with Gasteiger partial charge in [0, 0.05) is 11.4 Å². The minimum absolute atomic E-state index is 0.0836. The molecule has 0 saturated carbocycles. The molecule has 0 atom stereocenters. The molecule has 0 fully saturated rings. The highest BCUT2D eigenvalue weighted by Gasteiger charge is 2.15. The van der Waals surface area contributed by atoms with Gasteiger partial charge in [0.1, 0.15) is 11.1 Å². The molecule has 0 saturated heterocycles. The Kier molecular flexibility index (Phi) is 7.18. The van der Waals surface area contributed by atoms with Gasteiger partial charge in [0.15, 0.2) is 0 Å². The zero-order valence-corrected chi connectivity index (χ0v) is 17.6. The first-order chi connectivity index (χ1) is 13.2. The topological polar surface area (TPSA) is 94.9 Å². The Morgan fingerprint density at radius 2 is 1.71 bits per heavy atom. The van der Waals surface area contributed by atoms with Gasteiger partial charge in [-0.15, -0.1) is 0 Å². The van der Waals surface area contributed by atoms with Crippen LogP contribution in [-0.4, -0.2) is 29.1 Å². The van der Waals surface area contributed by atoms with Crippen molar-refractivity contribution < 1.29 is 9.59 Å². The number of para-hydroxylation sites is 1. The summed E-state index contributed by atoms with van der Waals surface area (Å²) < 4.78 is 0. The number of nitrogens with one attached hydrogen (secondary N) is 2. The lowest BCUT2D eigenvalue weighted by Gasteiger charge is -2.12. The van der Waals surface area contributed by atoms with Gasteiger partial charge in [-0.1, -0.05) is 30.0 Å². The Morgan fingerprint density at radius 3 is 2.32 bits per heavy atom. The van der Waals surface area contributed by atoms with Crippen LogP contribution in [0.1, 0.15) is 33.5 Å². The van der Waals surface area contributed by atoms with Crippen LogP contribution in [0, 0.1) is 45.9 Å². The molecule has 0 aliphatic heterocycles. The number of rotatable bonds is 6. The standard InChI is InChI=1S/C21H24N4O2S/c1-12-7-6-8-13(2)20(12)25-18(26)10-23-19(27)11-28-21-17(9-22)15(4)14(3)16(5)24-21/h6-8H,10-11H2,1-5H3,(H,23,27)(H,25,26). The van der Waals surface area contributed by atoms with Gasteiger partial charge in [-0.25, -0.2) is 4.98 Å². The van der Waals surface area contributed by atoms with Crippen molar-refractivity contribution in [3.8, 4) is 6.07 Å². The first-order valence-corrected chi connectivity index (χ1v) is 9.86. The Bertz CT molecular complexity index is 944. The van der Waals surface area contributed by atoms with E-state index in [0.717, 1.165) is 33.6 Å². The molecule has 146 valence electrons. The molecule has 1 aromatic carbocycles. The Labute approximate surface area is 169 Å². The molecule has 0 radical (unpaired) electrons. The van der Waals surface area contributed by atoms with Gasteiger partial charge in [0.05, 0.1) is 17.9 Å². The zero-order chi connectivity index (χ0) is 20.8. The lowest BCUT2D eigenvalue weighted by atomic mass is 10.1. The zero-order valence-electron chi connectivity index (χ0n) is 16.8. The molecule has 2 N–H and O–H groups in total. The maximum absolute atomic E-state index is 12.1. The van der Waals surface area contributed by atoms with E-state index in [2.05, 4.69) is 21.7 Å². The summed E-state index contributed by atoms with van der Waals surface area (Å²) in [6.07, 6.45) is 0. The summed E-state index contributed by atoms with van der Waals surface area (Å²) in [4.78, 5) is 28.7. The van der Waals surface area contributed by atoms with Crippen molar-refractivity contribution in [3.63, 3.8) is 0 Å². The average Bonchev–Trinajstić information content (AvgIpc) is 2.66. The molecule has 0 aliphatic carbocycles. The van der Waals surface area contributed by atoms with Crippen molar-refractivity contribution in [2.45, 2.75) is 39.6 Å². The number of pyridine rings is 1. The number of aromatic nitrogens is 1. The van der Waals surface area contributed by atoms with Gasteiger partial charge in [-0.2, -0.15) is 5.26 Å². The van der Waals surface area contributed by atoms with E-state index in [4.69, 9.17) is 0 Å². The van der Waals surface area contributed by atoms with Crippen LogP contribution >= 0.6 is 11.8 Å². The smallest absolute Gasteiger partial charge is 0.243 e. The van der Waals surface area contributed by atoms with Crippen LogP contribution in [0.4, 0.5) is 5.69 Å². The second kappa shape index (κ2) is 9.38. The number of nitrogens with zero attached hydrogens (tertiary/aromatic N) is 2. The number of thioether (sulfide) groups is 1. The summed E-state index contributed by atoms with van der Waals surface area (Å²) in [6, 6.07) is 7.93. The fourth-order valence-corrected chi connectivity index (χ4v) is 3.62. The second-order valence-corrected chi connectivity index (χ2v) is 7.58. The third kappa shape index (κ3) is 5.11. The molecular weight excluding hydrogens is 372 g/mol. The van der Waals surface area contributed by atoms with Crippen molar-refractivity contribution in [1.82, 2.24) is 10.3 Å². The summed E-state index contributed by atoms with van der Waals surface area (Å²) in [5.74, 6) is -0.489.